The monoisotopic (exact) mass is 273 g/mol. The van der Waals surface area contributed by atoms with Crippen LogP contribution in [0.5, 0.6) is 0 Å². The predicted molar refractivity (Wildman–Crippen MR) is 75.4 cm³/mol. The van der Waals surface area contributed by atoms with Crippen LogP contribution in [0.15, 0.2) is 18.3 Å². The highest BCUT2D eigenvalue weighted by Gasteiger charge is 2.41. The summed E-state index contributed by atoms with van der Waals surface area (Å²) in [5.74, 6) is 0.0446. The smallest absolute Gasteiger partial charge is 0.311 e. The second kappa shape index (κ2) is 5.91. The fraction of sp³-hybridized carbons (Fsp3) is 0.533. The highest BCUT2D eigenvalue weighted by molar-refractivity contribution is 5.76. The van der Waals surface area contributed by atoms with E-state index in [4.69, 9.17) is 5.26 Å². The molecule has 0 amide bonds. The lowest BCUT2D eigenvalue weighted by Crippen LogP contribution is -2.48. The third-order valence-corrected chi connectivity index (χ3v) is 3.96. The van der Waals surface area contributed by atoms with Crippen molar-refractivity contribution in [3.63, 3.8) is 0 Å². The van der Waals surface area contributed by atoms with Crippen LogP contribution in [0.2, 0.25) is 0 Å². The Morgan fingerprint density at radius 1 is 1.60 bits per heavy atom. The van der Waals surface area contributed by atoms with Crippen molar-refractivity contribution in [1.82, 2.24) is 4.98 Å². The summed E-state index contributed by atoms with van der Waals surface area (Å²) in [6.07, 6.45) is 4.67. The Morgan fingerprint density at radius 2 is 2.40 bits per heavy atom. The number of anilines is 1. The molecule has 1 fully saturated rings. The zero-order chi connectivity index (χ0) is 14.6. The summed E-state index contributed by atoms with van der Waals surface area (Å²) in [5.41, 5.74) is -0.147. The summed E-state index contributed by atoms with van der Waals surface area (Å²) in [4.78, 5) is 17.9. The number of hydrogen-bond acceptors (Lipinski definition) is 4. The third kappa shape index (κ3) is 2.74. The van der Waals surface area contributed by atoms with E-state index in [1.165, 1.54) is 6.20 Å². The van der Waals surface area contributed by atoms with Gasteiger partial charge in [-0.3, -0.25) is 4.79 Å². The van der Waals surface area contributed by atoms with Crippen molar-refractivity contribution in [2.75, 3.05) is 18.0 Å². The van der Waals surface area contributed by atoms with Crippen LogP contribution >= 0.6 is 0 Å². The van der Waals surface area contributed by atoms with Gasteiger partial charge in [-0.1, -0.05) is 13.3 Å². The average Bonchev–Trinajstić information content (AvgIpc) is 2.48. The van der Waals surface area contributed by atoms with Crippen LogP contribution in [0.25, 0.3) is 0 Å². The Hall–Kier alpha value is -2.09. The highest BCUT2D eigenvalue weighted by atomic mass is 16.4. The maximum Gasteiger partial charge on any atom is 0.311 e. The van der Waals surface area contributed by atoms with Crippen molar-refractivity contribution in [3.8, 4) is 6.07 Å². The van der Waals surface area contributed by atoms with Crippen molar-refractivity contribution in [2.45, 2.75) is 32.6 Å². The molecule has 106 valence electrons. The predicted octanol–water partition coefficient (Wildman–Crippen LogP) is 2.42. The molecule has 0 spiro atoms. The molecule has 5 heteroatoms. The summed E-state index contributed by atoms with van der Waals surface area (Å²) in [6.45, 7) is 3.33. The van der Waals surface area contributed by atoms with Gasteiger partial charge in [0.05, 0.1) is 11.0 Å². The molecule has 1 aliphatic heterocycles. The van der Waals surface area contributed by atoms with Crippen LogP contribution in [0.1, 0.15) is 38.2 Å². The number of nitrogens with zero attached hydrogens (tertiary/aromatic N) is 3. The van der Waals surface area contributed by atoms with Crippen molar-refractivity contribution in [1.29, 1.82) is 5.26 Å². The van der Waals surface area contributed by atoms with Gasteiger partial charge in [-0.25, -0.2) is 4.98 Å². The van der Waals surface area contributed by atoms with Gasteiger partial charge in [-0.15, -0.1) is 0 Å². The van der Waals surface area contributed by atoms with Crippen molar-refractivity contribution in [3.05, 3.63) is 23.9 Å². The maximum atomic E-state index is 11.7. The maximum absolute atomic E-state index is 11.7. The van der Waals surface area contributed by atoms with Crippen LogP contribution in [-0.4, -0.2) is 29.1 Å². The van der Waals surface area contributed by atoms with E-state index in [0.29, 0.717) is 18.5 Å². The van der Waals surface area contributed by atoms with Gasteiger partial charge >= 0.3 is 5.97 Å². The second-order valence-corrected chi connectivity index (χ2v) is 5.38. The molecule has 0 radical (unpaired) electrons. The van der Waals surface area contributed by atoms with Crippen LogP contribution in [0, 0.1) is 16.7 Å². The molecular formula is C15H19N3O2. The SMILES string of the molecule is CCCC1(C(=O)O)CCCN(c2ccc(C#N)cn2)C1. The molecule has 1 saturated heterocycles. The number of carboxylic acids is 1. The van der Waals surface area contributed by atoms with E-state index in [-0.39, 0.29) is 0 Å². The van der Waals surface area contributed by atoms with Gasteiger partial charge in [0.1, 0.15) is 11.9 Å². The van der Waals surface area contributed by atoms with Crippen molar-refractivity contribution >= 4 is 11.8 Å². The van der Waals surface area contributed by atoms with Crippen LogP contribution < -0.4 is 4.90 Å². The zero-order valence-corrected chi connectivity index (χ0v) is 11.7. The molecule has 20 heavy (non-hydrogen) atoms. The van der Waals surface area contributed by atoms with Gasteiger partial charge in [0.2, 0.25) is 0 Å². The molecule has 5 nitrogen and oxygen atoms in total. The van der Waals surface area contributed by atoms with Gasteiger partial charge in [-0.2, -0.15) is 5.26 Å². The van der Waals surface area contributed by atoms with Crippen molar-refractivity contribution < 1.29 is 9.90 Å². The Morgan fingerprint density at radius 3 is 2.95 bits per heavy atom. The molecule has 1 unspecified atom stereocenters. The quantitative estimate of drug-likeness (QED) is 0.911. The van der Waals surface area contributed by atoms with Crippen LogP contribution in [0.3, 0.4) is 0 Å². The van der Waals surface area contributed by atoms with E-state index in [1.807, 2.05) is 17.9 Å². The summed E-state index contributed by atoms with van der Waals surface area (Å²) < 4.78 is 0. The van der Waals surface area contributed by atoms with Crippen molar-refractivity contribution in [2.24, 2.45) is 5.41 Å². The topological polar surface area (TPSA) is 77.2 Å². The Bertz CT molecular complexity index is 517. The number of hydrogen-bond donors (Lipinski definition) is 1. The summed E-state index contributed by atoms with van der Waals surface area (Å²) in [7, 11) is 0. The largest absolute Gasteiger partial charge is 0.481 e. The normalized spacial score (nSPS) is 22.3. The number of aromatic nitrogens is 1. The first-order valence-electron chi connectivity index (χ1n) is 6.96. The molecule has 2 rings (SSSR count). The molecule has 2 heterocycles. The molecule has 1 aromatic heterocycles. The zero-order valence-electron chi connectivity index (χ0n) is 11.7. The molecule has 1 atom stereocenters. The molecule has 0 saturated carbocycles. The summed E-state index contributed by atoms with van der Waals surface area (Å²) in [5, 5.41) is 18.4. The van der Waals surface area contributed by atoms with E-state index >= 15 is 0 Å². The van der Waals surface area contributed by atoms with Gasteiger partial charge in [0, 0.05) is 19.3 Å². The number of pyridine rings is 1. The molecule has 1 N–H and O–H groups in total. The Kier molecular flexibility index (Phi) is 4.23. The number of carboxylic acid groups (broad SMARTS) is 1. The fourth-order valence-corrected chi connectivity index (χ4v) is 2.93. The van der Waals surface area contributed by atoms with E-state index in [1.54, 1.807) is 12.1 Å². The highest BCUT2D eigenvalue weighted by Crippen LogP contribution is 2.36. The van der Waals surface area contributed by atoms with Gasteiger partial charge < -0.3 is 10.0 Å². The average molecular weight is 273 g/mol. The minimum Gasteiger partial charge on any atom is -0.481 e. The first-order valence-corrected chi connectivity index (χ1v) is 6.96. The molecule has 1 aromatic rings. The number of aliphatic carboxylic acids is 1. The summed E-state index contributed by atoms with van der Waals surface area (Å²) in [6, 6.07) is 5.55. The first-order chi connectivity index (χ1) is 9.61. The lowest BCUT2D eigenvalue weighted by atomic mass is 9.76. The molecule has 0 aromatic carbocycles. The lowest BCUT2D eigenvalue weighted by Gasteiger charge is -2.40. The number of carbonyl (C=O) groups is 1. The third-order valence-electron chi connectivity index (χ3n) is 3.96. The number of rotatable bonds is 4. The van der Waals surface area contributed by atoms with Gasteiger partial charge in [0.25, 0.3) is 0 Å². The first kappa shape index (κ1) is 14.3. The molecule has 0 aliphatic carbocycles. The Balaban J connectivity index is 2.20. The number of piperidine rings is 1. The lowest BCUT2D eigenvalue weighted by molar-refractivity contribution is -0.150. The van der Waals surface area contributed by atoms with Gasteiger partial charge in [0.15, 0.2) is 0 Å². The van der Waals surface area contributed by atoms with Gasteiger partial charge in [-0.05, 0) is 31.4 Å². The van der Waals surface area contributed by atoms with Crippen LogP contribution in [0.4, 0.5) is 5.82 Å². The van der Waals surface area contributed by atoms with E-state index < -0.39 is 11.4 Å². The van der Waals surface area contributed by atoms with Crippen LogP contribution in [-0.2, 0) is 4.79 Å². The fourth-order valence-electron chi connectivity index (χ4n) is 2.93. The molecular weight excluding hydrogens is 254 g/mol. The minimum absolute atomic E-state index is 0.495. The van der Waals surface area contributed by atoms with E-state index in [9.17, 15) is 9.90 Å². The molecule has 0 bridgehead atoms. The minimum atomic E-state index is -0.710. The van der Waals surface area contributed by atoms with E-state index in [0.717, 1.165) is 31.6 Å². The molecule has 1 aliphatic rings. The summed E-state index contributed by atoms with van der Waals surface area (Å²) >= 11 is 0. The number of nitriles is 1. The van der Waals surface area contributed by atoms with E-state index in [2.05, 4.69) is 4.98 Å². The second-order valence-electron chi connectivity index (χ2n) is 5.38. The Labute approximate surface area is 118 Å². The standard InChI is InChI=1S/C15H19N3O2/c1-2-6-15(14(19)20)7-3-8-18(11-15)13-5-4-12(9-16)10-17-13/h4-5,10H,2-3,6-8,11H2,1H3,(H,19,20).